The molecule has 1 aliphatic heterocycles. The molecule has 9 nitrogen and oxygen atoms in total. The highest BCUT2D eigenvalue weighted by molar-refractivity contribution is 5.82. The highest BCUT2D eigenvalue weighted by Gasteiger charge is 2.44. The van der Waals surface area contributed by atoms with Gasteiger partial charge in [-0.1, -0.05) is 6.42 Å². The van der Waals surface area contributed by atoms with Crippen molar-refractivity contribution in [2.45, 2.75) is 56.3 Å². The van der Waals surface area contributed by atoms with Crippen LogP contribution in [0.3, 0.4) is 0 Å². The van der Waals surface area contributed by atoms with Gasteiger partial charge in [0.1, 0.15) is 24.6 Å². The van der Waals surface area contributed by atoms with Gasteiger partial charge < -0.3 is 25.4 Å². The summed E-state index contributed by atoms with van der Waals surface area (Å²) < 4.78 is 7.18. The summed E-state index contributed by atoms with van der Waals surface area (Å²) in [5.74, 6) is 2.22. The number of aromatic nitrogens is 4. The Morgan fingerprint density at radius 1 is 1.15 bits per heavy atom. The van der Waals surface area contributed by atoms with Crippen molar-refractivity contribution < 1.29 is 20.1 Å². The first-order chi connectivity index (χ1) is 12.7. The number of fused-ring (bicyclic) bond motifs is 3. The molecular weight excluding hydrogens is 338 g/mol. The van der Waals surface area contributed by atoms with Crippen LogP contribution in [0.15, 0.2) is 12.7 Å². The first-order valence-corrected chi connectivity index (χ1v) is 9.22. The fraction of sp³-hybridized carbons (Fsp3) is 0.706. The first-order valence-electron chi connectivity index (χ1n) is 9.22. The smallest absolute Gasteiger partial charge is 0.167 e. The van der Waals surface area contributed by atoms with Crippen LogP contribution in [-0.2, 0) is 4.74 Å². The summed E-state index contributed by atoms with van der Waals surface area (Å²) in [4.78, 5) is 13.1. The van der Waals surface area contributed by atoms with Crippen LogP contribution in [0.1, 0.15) is 31.9 Å². The van der Waals surface area contributed by atoms with Gasteiger partial charge in [0, 0.05) is 6.04 Å². The van der Waals surface area contributed by atoms with Gasteiger partial charge in [-0.2, -0.15) is 0 Å². The number of rotatable bonds is 4. The molecule has 0 spiro atoms. The highest BCUT2D eigenvalue weighted by Crippen LogP contribution is 2.45. The van der Waals surface area contributed by atoms with E-state index < -0.39 is 24.5 Å². The Kier molecular flexibility index (Phi) is 3.85. The van der Waals surface area contributed by atoms with Crippen molar-refractivity contribution in [2.75, 3.05) is 11.9 Å². The maximum atomic E-state index is 10.3. The second kappa shape index (κ2) is 6.12. The third-order valence-electron chi connectivity index (χ3n) is 6.21. The molecule has 0 radical (unpaired) electrons. The number of hydrogen-bond donors (Lipinski definition) is 4. The van der Waals surface area contributed by atoms with Crippen LogP contribution >= 0.6 is 0 Å². The lowest BCUT2D eigenvalue weighted by Gasteiger charge is -2.23. The van der Waals surface area contributed by atoms with Crippen molar-refractivity contribution in [3.05, 3.63) is 12.7 Å². The molecule has 3 fully saturated rings. The Morgan fingerprint density at radius 2 is 2.04 bits per heavy atom. The van der Waals surface area contributed by atoms with Gasteiger partial charge in [0.05, 0.1) is 12.9 Å². The summed E-state index contributed by atoms with van der Waals surface area (Å²) in [6.45, 7) is -0.368. The molecule has 2 saturated carbocycles. The molecule has 3 heterocycles. The van der Waals surface area contributed by atoms with E-state index >= 15 is 0 Å². The van der Waals surface area contributed by atoms with Crippen molar-refractivity contribution in [1.82, 2.24) is 19.5 Å². The summed E-state index contributed by atoms with van der Waals surface area (Å²) in [7, 11) is 0. The van der Waals surface area contributed by atoms with Crippen LogP contribution in [-0.4, -0.2) is 65.8 Å². The molecule has 2 aliphatic carbocycles. The largest absolute Gasteiger partial charge is 0.394 e. The van der Waals surface area contributed by atoms with Crippen molar-refractivity contribution in [2.24, 2.45) is 11.8 Å². The molecule has 4 N–H and O–H groups in total. The van der Waals surface area contributed by atoms with Crippen molar-refractivity contribution in [3.8, 4) is 0 Å². The predicted octanol–water partition coefficient (Wildman–Crippen LogP) is 0.0383. The minimum atomic E-state index is -1.17. The fourth-order valence-corrected chi connectivity index (χ4v) is 4.85. The van der Waals surface area contributed by atoms with E-state index in [0.29, 0.717) is 28.9 Å². The molecule has 3 aliphatic rings. The van der Waals surface area contributed by atoms with Crippen LogP contribution in [0, 0.1) is 11.8 Å². The second-order valence-electron chi connectivity index (χ2n) is 7.70. The zero-order valence-corrected chi connectivity index (χ0v) is 14.3. The molecule has 7 atom stereocenters. The van der Waals surface area contributed by atoms with E-state index in [2.05, 4.69) is 20.3 Å². The van der Waals surface area contributed by atoms with Gasteiger partial charge in [0.2, 0.25) is 0 Å². The summed E-state index contributed by atoms with van der Waals surface area (Å²) in [5.41, 5.74) is 1.15. The fourth-order valence-electron chi connectivity index (χ4n) is 4.85. The average Bonchev–Trinajstić information content (AvgIpc) is 3.41. The summed E-state index contributed by atoms with van der Waals surface area (Å²) >= 11 is 0. The van der Waals surface area contributed by atoms with Crippen LogP contribution in [0.5, 0.6) is 0 Å². The van der Waals surface area contributed by atoms with E-state index in [9.17, 15) is 15.3 Å². The SMILES string of the molecule is OC[C@H]1O[C@@H](n2cnc3c(N[C@@H]4C[C@H]5CC[C@H]4C5)ncnc32)[C@H](O)[C@@H]1O. The lowest BCUT2D eigenvalue weighted by molar-refractivity contribution is -0.0511. The van der Waals surface area contributed by atoms with E-state index in [1.807, 2.05) is 0 Å². The zero-order chi connectivity index (χ0) is 17.8. The van der Waals surface area contributed by atoms with Crippen LogP contribution in [0.2, 0.25) is 0 Å². The minimum absolute atomic E-state index is 0.368. The molecule has 0 amide bonds. The minimum Gasteiger partial charge on any atom is -0.394 e. The predicted molar refractivity (Wildman–Crippen MR) is 91.2 cm³/mol. The van der Waals surface area contributed by atoms with Gasteiger partial charge >= 0.3 is 0 Å². The number of aliphatic hydroxyl groups is 3. The molecule has 2 bridgehead atoms. The second-order valence-corrected chi connectivity index (χ2v) is 7.70. The van der Waals surface area contributed by atoms with E-state index in [1.165, 1.54) is 38.3 Å². The van der Waals surface area contributed by atoms with Gasteiger partial charge in [-0.05, 0) is 31.1 Å². The maximum Gasteiger partial charge on any atom is 0.167 e. The standard InChI is InChI=1S/C17H23N5O4/c23-5-11-13(24)14(25)17(26-11)22-7-20-12-15(18-6-19-16(12)22)21-10-4-8-1-2-9(10)3-8/h6-11,13-14,17,23-25H,1-5H2,(H,18,19,21)/t8-,9-,10+,11+,13+,14+,17+/m0/s1. The number of nitrogens with one attached hydrogen (secondary N) is 1. The lowest BCUT2D eigenvalue weighted by Crippen LogP contribution is -2.33. The summed E-state index contributed by atoms with van der Waals surface area (Å²) in [6, 6.07) is 0.422. The van der Waals surface area contributed by atoms with E-state index in [-0.39, 0.29) is 6.61 Å². The number of nitrogens with zero attached hydrogens (tertiary/aromatic N) is 4. The van der Waals surface area contributed by atoms with Gasteiger partial charge in [-0.3, -0.25) is 4.57 Å². The Hall–Kier alpha value is -1.81. The maximum absolute atomic E-state index is 10.3. The summed E-state index contributed by atoms with van der Waals surface area (Å²) in [5, 5.41) is 33.1. The number of aliphatic hydroxyl groups excluding tert-OH is 3. The topological polar surface area (TPSA) is 126 Å². The number of ether oxygens (including phenoxy) is 1. The molecule has 9 heteroatoms. The van der Waals surface area contributed by atoms with E-state index in [1.54, 1.807) is 4.57 Å². The van der Waals surface area contributed by atoms with Crippen LogP contribution in [0.25, 0.3) is 11.2 Å². The van der Waals surface area contributed by atoms with E-state index in [0.717, 1.165) is 5.92 Å². The Bertz CT molecular complexity index is 814. The van der Waals surface area contributed by atoms with Crippen molar-refractivity contribution in [1.29, 1.82) is 0 Å². The quantitative estimate of drug-likeness (QED) is 0.601. The molecule has 2 aromatic rings. The monoisotopic (exact) mass is 361 g/mol. The van der Waals surface area contributed by atoms with Crippen molar-refractivity contribution in [3.63, 3.8) is 0 Å². The highest BCUT2D eigenvalue weighted by atomic mass is 16.6. The molecule has 140 valence electrons. The molecule has 2 aromatic heterocycles. The summed E-state index contributed by atoms with van der Waals surface area (Å²) in [6.07, 6.45) is 4.07. The number of anilines is 1. The van der Waals surface area contributed by atoms with Gasteiger partial charge in [-0.25, -0.2) is 15.0 Å². The van der Waals surface area contributed by atoms with Crippen LogP contribution in [0.4, 0.5) is 5.82 Å². The van der Waals surface area contributed by atoms with Gasteiger partial charge in [0.15, 0.2) is 23.2 Å². The van der Waals surface area contributed by atoms with Gasteiger partial charge in [-0.15, -0.1) is 0 Å². The Labute approximate surface area is 150 Å². The Morgan fingerprint density at radius 3 is 2.73 bits per heavy atom. The number of hydrogen-bond acceptors (Lipinski definition) is 8. The zero-order valence-electron chi connectivity index (χ0n) is 14.3. The normalized spacial score (nSPS) is 39.1. The molecule has 5 rings (SSSR count). The molecule has 1 saturated heterocycles. The molecule has 0 unspecified atom stereocenters. The van der Waals surface area contributed by atoms with E-state index in [4.69, 9.17) is 4.74 Å². The third-order valence-corrected chi connectivity index (χ3v) is 6.21. The number of imidazole rings is 1. The molecule has 0 aromatic carbocycles. The lowest BCUT2D eigenvalue weighted by atomic mass is 9.95. The van der Waals surface area contributed by atoms with Crippen LogP contribution < -0.4 is 5.32 Å². The first kappa shape index (κ1) is 16.4. The van der Waals surface area contributed by atoms with Gasteiger partial charge in [0.25, 0.3) is 0 Å². The molecule has 26 heavy (non-hydrogen) atoms. The Balaban J connectivity index is 1.44. The van der Waals surface area contributed by atoms with Crippen molar-refractivity contribution >= 4 is 17.0 Å². The molecular formula is C17H23N5O4. The average molecular weight is 361 g/mol. The third kappa shape index (κ3) is 2.42.